The number of rotatable bonds is 12. The number of nitrogens with zero attached hydrogens (tertiary/aromatic N) is 3. The van der Waals surface area contributed by atoms with Gasteiger partial charge in [-0.3, -0.25) is 14.4 Å². The van der Waals surface area contributed by atoms with Crippen molar-refractivity contribution in [2.75, 3.05) is 43.6 Å². The van der Waals surface area contributed by atoms with Crippen LogP contribution in [0.4, 0.5) is 11.4 Å². The Balaban J connectivity index is 1.39. The average Bonchev–Trinajstić information content (AvgIpc) is 3.22. The van der Waals surface area contributed by atoms with E-state index < -0.39 is 5.54 Å². The molecule has 210 valence electrons. The Hall–Kier alpha value is -3.55. The molecule has 0 saturated carbocycles. The van der Waals surface area contributed by atoms with Gasteiger partial charge < -0.3 is 24.8 Å². The highest BCUT2D eigenvalue weighted by Crippen LogP contribution is 2.39. The van der Waals surface area contributed by atoms with E-state index in [-0.39, 0.29) is 24.3 Å². The number of ether oxygens (including phenoxy) is 1. The Kier molecular flexibility index (Phi) is 9.85. The number of benzene rings is 2. The summed E-state index contributed by atoms with van der Waals surface area (Å²) < 4.78 is 5.18. The second-order valence-corrected chi connectivity index (χ2v) is 10.6. The maximum atomic E-state index is 13.9. The minimum atomic E-state index is -0.751. The second kappa shape index (κ2) is 13.5. The highest BCUT2D eigenvalue weighted by atomic mass is 16.5. The summed E-state index contributed by atoms with van der Waals surface area (Å²) in [6.45, 7) is 3.61. The Morgan fingerprint density at radius 2 is 1.59 bits per heavy atom. The predicted molar refractivity (Wildman–Crippen MR) is 154 cm³/mol. The molecule has 2 aromatic rings. The zero-order valence-corrected chi connectivity index (χ0v) is 23.4. The maximum absolute atomic E-state index is 13.9. The highest BCUT2D eigenvalue weighted by molar-refractivity contribution is 5.99. The molecule has 2 aliphatic heterocycles. The topological polar surface area (TPSA) is 82.2 Å². The van der Waals surface area contributed by atoms with Crippen LogP contribution in [0.25, 0.3) is 0 Å². The number of carbonyl (C=O) groups is 3. The summed E-state index contributed by atoms with van der Waals surface area (Å²) in [6, 6.07) is 17.0. The van der Waals surface area contributed by atoms with E-state index in [2.05, 4.69) is 17.1 Å². The molecule has 2 aromatic carbocycles. The molecule has 2 heterocycles. The van der Waals surface area contributed by atoms with Gasteiger partial charge in [0.05, 0.1) is 13.8 Å². The van der Waals surface area contributed by atoms with Gasteiger partial charge in [-0.15, -0.1) is 0 Å². The Bertz CT molecular complexity index is 1100. The number of anilines is 2. The molecule has 0 aliphatic carbocycles. The van der Waals surface area contributed by atoms with Gasteiger partial charge in [-0.1, -0.05) is 57.2 Å². The van der Waals surface area contributed by atoms with E-state index in [4.69, 9.17) is 4.74 Å². The molecule has 4 rings (SSSR count). The van der Waals surface area contributed by atoms with Crippen LogP contribution >= 0.6 is 0 Å². The quantitative estimate of drug-likeness (QED) is 0.385. The number of likely N-dealkylation sites (tertiary alicyclic amines) is 1. The summed E-state index contributed by atoms with van der Waals surface area (Å²) in [5.74, 6) is 0.608. The fourth-order valence-electron chi connectivity index (χ4n) is 5.71. The van der Waals surface area contributed by atoms with Crippen molar-refractivity contribution in [1.82, 2.24) is 9.80 Å². The van der Waals surface area contributed by atoms with Crippen LogP contribution in [0.3, 0.4) is 0 Å². The van der Waals surface area contributed by atoms with E-state index in [9.17, 15) is 14.4 Å². The summed E-state index contributed by atoms with van der Waals surface area (Å²) >= 11 is 0. The smallest absolute Gasteiger partial charge is 0.250 e. The van der Waals surface area contributed by atoms with E-state index >= 15 is 0 Å². The van der Waals surface area contributed by atoms with E-state index in [1.54, 1.807) is 36.3 Å². The van der Waals surface area contributed by atoms with Gasteiger partial charge in [0, 0.05) is 30.9 Å². The van der Waals surface area contributed by atoms with E-state index in [0.717, 1.165) is 18.5 Å². The largest absolute Gasteiger partial charge is 0.497 e. The fraction of sp³-hybridized carbons (Fsp3) is 0.516. The van der Waals surface area contributed by atoms with E-state index in [0.29, 0.717) is 50.5 Å². The van der Waals surface area contributed by atoms with E-state index in [1.165, 1.54) is 25.7 Å². The third kappa shape index (κ3) is 6.91. The summed E-state index contributed by atoms with van der Waals surface area (Å²) in [5, 5.41) is 2.88. The van der Waals surface area contributed by atoms with E-state index in [1.807, 2.05) is 35.2 Å². The van der Waals surface area contributed by atoms with Crippen LogP contribution < -0.4 is 15.0 Å². The minimum absolute atomic E-state index is 0.0311. The van der Waals surface area contributed by atoms with Crippen LogP contribution in [0.15, 0.2) is 54.6 Å². The number of amides is 3. The molecule has 0 unspecified atom stereocenters. The molecule has 0 bridgehead atoms. The first-order valence-corrected chi connectivity index (χ1v) is 14.3. The number of para-hydroxylation sites is 1. The lowest BCUT2D eigenvalue weighted by Crippen LogP contribution is -2.57. The molecule has 2 saturated heterocycles. The van der Waals surface area contributed by atoms with Gasteiger partial charge in [0.25, 0.3) is 5.91 Å². The van der Waals surface area contributed by atoms with Crippen LogP contribution in [0, 0.1) is 0 Å². The maximum Gasteiger partial charge on any atom is 0.250 e. The van der Waals surface area contributed by atoms with Crippen LogP contribution in [0.2, 0.25) is 0 Å². The molecular weight excluding hydrogens is 492 g/mol. The van der Waals surface area contributed by atoms with Crippen molar-refractivity contribution in [2.45, 2.75) is 70.3 Å². The van der Waals surface area contributed by atoms with Crippen LogP contribution in [-0.4, -0.2) is 66.5 Å². The van der Waals surface area contributed by atoms with Crippen molar-refractivity contribution >= 4 is 29.1 Å². The summed E-state index contributed by atoms with van der Waals surface area (Å²) in [6.07, 6.45) is 8.61. The third-order valence-electron chi connectivity index (χ3n) is 7.98. The van der Waals surface area contributed by atoms with Gasteiger partial charge in [0.2, 0.25) is 11.8 Å². The minimum Gasteiger partial charge on any atom is -0.497 e. The average molecular weight is 535 g/mol. The van der Waals surface area contributed by atoms with Gasteiger partial charge in [-0.05, 0) is 55.7 Å². The lowest BCUT2D eigenvalue weighted by Gasteiger charge is -2.43. The molecule has 8 nitrogen and oxygen atoms in total. The normalized spacial score (nSPS) is 16.6. The first-order valence-electron chi connectivity index (χ1n) is 14.3. The first kappa shape index (κ1) is 28.5. The second-order valence-electron chi connectivity index (χ2n) is 10.6. The molecule has 0 aromatic heterocycles. The fourth-order valence-corrected chi connectivity index (χ4v) is 5.71. The number of hydrogen-bond donors (Lipinski definition) is 1. The van der Waals surface area contributed by atoms with Gasteiger partial charge in [0.1, 0.15) is 17.8 Å². The SMILES string of the molecule is CCCCCCCCC(=O)N1CCC2(CC1)C(=O)N(CC(=O)Nc1ccc(OC)cc1)CN2c1ccccc1. The van der Waals surface area contributed by atoms with Crippen LogP contribution in [-0.2, 0) is 14.4 Å². The van der Waals surface area contributed by atoms with Gasteiger partial charge in [0.15, 0.2) is 0 Å². The lowest BCUT2D eigenvalue weighted by atomic mass is 9.85. The van der Waals surface area contributed by atoms with Gasteiger partial charge in [-0.25, -0.2) is 0 Å². The van der Waals surface area contributed by atoms with Crippen LogP contribution in [0.5, 0.6) is 5.75 Å². The summed E-state index contributed by atoms with van der Waals surface area (Å²) in [5.41, 5.74) is 0.855. The molecule has 0 atom stereocenters. The van der Waals surface area contributed by atoms with Gasteiger partial charge in [-0.2, -0.15) is 0 Å². The zero-order valence-electron chi connectivity index (χ0n) is 23.4. The standard InChI is InChI=1S/C31H42N4O4/c1-3-4-5-6-7-11-14-29(37)33-21-19-31(20-22-33)30(38)34(24-35(31)26-12-9-8-10-13-26)23-28(36)32-25-15-17-27(39-2)18-16-25/h8-10,12-13,15-18H,3-7,11,14,19-24H2,1-2H3,(H,32,36). The Labute approximate surface area is 232 Å². The Morgan fingerprint density at radius 3 is 2.26 bits per heavy atom. The zero-order chi connectivity index (χ0) is 27.7. The Morgan fingerprint density at radius 1 is 0.923 bits per heavy atom. The summed E-state index contributed by atoms with van der Waals surface area (Å²) in [7, 11) is 1.59. The van der Waals surface area contributed by atoms with Crippen molar-refractivity contribution < 1.29 is 19.1 Å². The van der Waals surface area contributed by atoms with Gasteiger partial charge >= 0.3 is 0 Å². The molecule has 1 spiro atoms. The van der Waals surface area contributed by atoms with Crippen molar-refractivity contribution in [1.29, 1.82) is 0 Å². The molecule has 2 aliphatic rings. The molecule has 1 N–H and O–H groups in total. The number of unbranched alkanes of at least 4 members (excludes halogenated alkanes) is 5. The number of carbonyl (C=O) groups excluding carboxylic acids is 3. The lowest BCUT2D eigenvalue weighted by molar-refractivity contribution is -0.139. The molecule has 2 fully saturated rings. The molecular formula is C31H42N4O4. The summed E-state index contributed by atoms with van der Waals surface area (Å²) in [4.78, 5) is 45.4. The van der Waals surface area contributed by atoms with Crippen molar-refractivity contribution in [3.05, 3.63) is 54.6 Å². The number of methoxy groups -OCH3 is 1. The predicted octanol–water partition coefficient (Wildman–Crippen LogP) is 5.05. The van der Waals surface area contributed by atoms with Crippen molar-refractivity contribution in [3.8, 4) is 5.75 Å². The molecule has 3 amide bonds. The molecule has 39 heavy (non-hydrogen) atoms. The first-order chi connectivity index (χ1) is 19.0. The van der Waals surface area contributed by atoms with Crippen molar-refractivity contribution in [3.63, 3.8) is 0 Å². The highest BCUT2D eigenvalue weighted by Gasteiger charge is 2.54. The monoisotopic (exact) mass is 534 g/mol. The molecule has 8 heteroatoms. The number of hydrogen-bond acceptors (Lipinski definition) is 5. The third-order valence-corrected chi connectivity index (χ3v) is 7.98. The van der Waals surface area contributed by atoms with Crippen LogP contribution in [0.1, 0.15) is 64.7 Å². The number of piperidine rings is 1. The molecule has 0 radical (unpaired) electrons. The van der Waals surface area contributed by atoms with Crippen molar-refractivity contribution in [2.24, 2.45) is 0 Å². The number of nitrogens with one attached hydrogen (secondary N) is 1.